The van der Waals surface area contributed by atoms with Crippen LogP contribution in [0.4, 0.5) is 5.69 Å². The number of nitrogens with one attached hydrogen (secondary N) is 2. The minimum Gasteiger partial charge on any atom is -0.362 e. The summed E-state index contributed by atoms with van der Waals surface area (Å²) in [7, 11) is 0. The van der Waals surface area contributed by atoms with Gasteiger partial charge in [-0.2, -0.15) is 0 Å². The molecule has 116 valence electrons. The van der Waals surface area contributed by atoms with Crippen LogP contribution in [0.2, 0.25) is 10.0 Å². The van der Waals surface area contributed by atoms with Gasteiger partial charge in [-0.25, -0.2) is 0 Å². The lowest BCUT2D eigenvalue weighted by Crippen LogP contribution is -2.34. The van der Waals surface area contributed by atoms with E-state index in [1.54, 1.807) is 12.1 Å². The van der Waals surface area contributed by atoms with Gasteiger partial charge in [0.05, 0.1) is 10.0 Å². The Hall–Kier alpha value is -0.550. The maximum absolute atomic E-state index is 5.97. The fraction of sp³-hybridized carbons (Fsp3) is 0.533. The summed E-state index contributed by atoms with van der Waals surface area (Å²) in [6.45, 7) is 4.50. The summed E-state index contributed by atoms with van der Waals surface area (Å²) >= 11 is 17.1. The van der Waals surface area contributed by atoms with Gasteiger partial charge in [-0.3, -0.25) is 0 Å². The van der Waals surface area contributed by atoms with Crippen molar-refractivity contribution in [3.8, 4) is 0 Å². The van der Waals surface area contributed by atoms with Crippen molar-refractivity contribution in [3.63, 3.8) is 0 Å². The highest BCUT2D eigenvalue weighted by molar-refractivity contribution is 7.80. The van der Waals surface area contributed by atoms with Crippen LogP contribution >= 0.6 is 35.4 Å². The summed E-state index contributed by atoms with van der Waals surface area (Å²) in [6, 6.07) is 5.38. The third kappa shape index (κ3) is 5.99. The highest BCUT2D eigenvalue weighted by atomic mass is 35.5. The Morgan fingerprint density at radius 2 is 1.90 bits per heavy atom. The molecule has 1 fully saturated rings. The average Bonchev–Trinajstić information content (AvgIpc) is 2.49. The monoisotopic (exact) mass is 345 g/mol. The molecule has 0 radical (unpaired) electrons. The van der Waals surface area contributed by atoms with Gasteiger partial charge >= 0.3 is 0 Å². The largest absolute Gasteiger partial charge is 0.362 e. The van der Waals surface area contributed by atoms with Gasteiger partial charge in [-0.15, -0.1) is 0 Å². The Morgan fingerprint density at radius 1 is 1.14 bits per heavy atom. The zero-order chi connectivity index (χ0) is 15.1. The Bertz CT molecular complexity index is 476. The molecule has 3 nitrogen and oxygen atoms in total. The van der Waals surface area contributed by atoms with Gasteiger partial charge in [0, 0.05) is 12.2 Å². The second kappa shape index (κ2) is 8.79. The van der Waals surface area contributed by atoms with Crippen molar-refractivity contribution in [2.45, 2.75) is 25.7 Å². The Morgan fingerprint density at radius 3 is 2.62 bits per heavy atom. The first kappa shape index (κ1) is 16.8. The molecule has 1 heterocycles. The molecular weight excluding hydrogens is 325 g/mol. The minimum atomic E-state index is 0.523. The topological polar surface area (TPSA) is 27.3 Å². The van der Waals surface area contributed by atoms with Crippen molar-refractivity contribution in [3.05, 3.63) is 28.2 Å². The highest BCUT2D eigenvalue weighted by Crippen LogP contribution is 2.24. The number of halogens is 2. The molecule has 21 heavy (non-hydrogen) atoms. The van der Waals surface area contributed by atoms with E-state index in [9.17, 15) is 0 Å². The van der Waals surface area contributed by atoms with Crippen molar-refractivity contribution >= 4 is 46.2 Å². The smallest absolute Gasteiger partial charge is 0.170 e. The molecule has 0 spiro atoms. The molecule has 2 rings (SSSR count). The van der Waals surface area contributed by atoms with Gasteiger partial charge in [-0.05, 0) is 69.3 Å². The standard InChI is InChI=1S/C15H21Cl2N3S/c16-13-6-5-12(11-14(13)17)19-15(21)18-7-4-10-20-8-2-1-3-9-20/h5-6,11H,1-4,7-10H2,(H2,18,19,21). The lowest BCUT2D eigenvalue weighted by molar-refractivity contribution is 0.227. The molecule has 0 saturated carbocycles. The molecule has 1 aromatic carbocycles. The van der Waals surface area contributed by atoms with E-state index in [1.807, 2.05) is 6.07 Å². The number of benzene rings is 1. The first-order valence-corrected chi connectivity index (χ1v) is 8.54. The van der Waals surface area contributed by atoms with Crippen LogP contribution in [0.25, 0.3) is 0 Å². The van der Waals surface area contributed by atoms with Crippen LogP contribution in [0.5, 0.6) is 0 Å². The fourth-order valence-electron chi connectivity index (χ4n) is 2.44. The number of rotatable bonds is 5. The van der Waals surface area contributed by atoms with Crippen molar-refractivity contribution < 1.29 is 0 Å². The first-order chi connectivity index (χ1) is 10.1. The van der Waals surface area contributed by atoms with Crippen LogP contribution in [0.1, 0.15) is 25.7 Å². The third-order valence-electron chi connectivity index (χ3n) is 3.56. The molecule has 1 saturated heterocycles. The summed E-state index contributed by atoms with van der Waals surface area (Å²) in [5.41, 5.74) is 0.845. The quantitative estimate of drug-likeness (QED) is 0.619. The molecule has 6 heteroatoms. The molecule has 1 aliphatic rings. The van der Waals surface area contributed by atoms with Gasteiger partial charge in [0.2, 0.25) is 0 Å². The van der Waals surface area contributed by atoms with E-state index in [0.717, 1.165) is 25.2 Å². The van der Waals surface area contributed by atoms with Crippen molar-refractivity contribution in [1.82, 2.24) is 10.2 Å². The van der Waals surface area contributed by atoms with E-state index in [0.29, 0.717) is 15.2 Å². The summed E-state index contributed by atoms with van der Waals surface area (Å²) in [6.07, 6.45) is 5.16. The molecule has 0 atom stereocenters. The molecular formula is C15H21Cl2N3S. The maximum atomic E-state index is 5.97. The molecule has 2 N–H and O–H groups in total. The number of hydrogen-bond acceptors (Lipinski definition) is 2. The second-order valence-corrected chi connectivity index (χ2v) is 6.49. The summed E-state index contributed by atoms with van der Waals surface area (Å²) in [5, 5.41) is 8.02. The van der Waals surface area contributed by atoms with Crippen LogP contribution in [0.3, 0.4) is 0 Å². The van der Waals surface area contributed by atoms with E-state index in [-0.39, 0.29) is 0 Å². The highest BCUT2D eigenvalue weighted by Gasteiger charge is 2.09. The average molecular weight is 346 g/mol. The lowest BCUT2D eigenvalue weighted by atomic mass is 10.1. The zero-order valence-corrected chi connectivity index (χ0v) is 14.3. The van der Waals surface area contributed by atoms with E-state index in [4.69, 9.17) is 35.4 Å². The van der Waals surface area contributed by atoms with Gasteiger partial charge < -0.3 is 15.5 Å². The summed E-state index contributed by atoms with van der Waals surface area (Å²) in [4.78, 5) is 2.53. The SMILES string of the molecule is S=C(NCCCN1CCCCC1)Nc1ccc(Cl)c(Cl)c1. The van der Waals surface area contributed by atoms with Crippen molar-refractivity contribution in [2.24, 2.45) is 0 Å². The van der Waals surface area contributed by atoms with Crippen LogP contribution in [-0.2, 0) is 0 Å². The Labute approximate surface area is 142 Å². The maximum Gasteiger partial charge on any atom is 0.170 e. The Balaban J connectivity index is 1.63. The fourth-order valence-corrected chi connectivity index (χ4v) is 2.95. The number of anilines is 1. The zero-order valence-electron chi connectivity index (χ0n) is 12.0. The lowest BCUT2D eigenvalue weighted by Gasteiger charge is -2.26. The number of piperidine rings is 1. The molecule has 0 bridgehead atoms. The van der Waals surface area contributed by atoms with Crippen LogP contribution in [-0.4, -0.2) is 36.2 Å². The number of thiocarbonyl (C=S) groups is 1. The van der Waals surface area contributed by atoms with E-state index >= 15 is 0 Å². The van der Waals surface area contributed by atoms with Crippen molar-refractivity contribution in [2.75, 3.05) is 31.5 Å². The molecule has 1 aromatic rings. The normalized spacial score (nSPS) is 15.7. The molecule has 0 aliphatic carbocycles. The van der Waals surface area contributed by atoms with E-state index < -0.39 is 0 Å². The van der Waals surface area contributed by atoms with Crippen LogP contribution < -0.4 is 10.6 Å². The molecule has 0 aromatic heterocycles. The molecule has 1 aliphatic heterocycles. The summed E-state index contributed by atoms with van der Waals surface area (Å²) < 4.78 is 0. The van der Waals surface area contributed by atoms with Gasteiger partial charge in [0.1, 0.15) is 0 Å². The second-order valence-electron chi connectivity index (χ2n) is 5.27. The Kier molecular flexibility index (Phi) is 7.04. The minimum absolute atomic E-state index is 0.523. The number of hydrogen-bond donors (Lipinski definition) is 2. The van der Waals surface area contributed by atoms with E-state index in [2.05, 4.69) is 15.5 Å². The van der Waals surface area contributed by atoms with Gasteiger partial charge in [0.15, 0.2) is 5.11 Å². The van der Waals surface area contributed by atoms with Crippen LogP contribution in [0.15, 0.2) is 18.2 Å². The third-order valence-corrected chi connectivity index (χ3v) is 4.55. The van der Waals surface area contributed by atoms with Gasteiger partial charge in [-0.1, -0.05) is 29.6 Å². The van der Waals surface area contributed by atoms with Crippen molar-refractivity contribution in [1.29, 1.82) is 0 Å². The predicted octanol–water partition coefficient (Wildman–Crippen LogP) is 4.16. The number of likely N-dealkylation sites (tertiary alicyclic amines) is 1. The van der Waals surface area contributed by atoms with Crippen LogP contribution in [0, 0.1) is 0 Å². The van der Waals surface area contributed by atoms with E-state index in [1.165, 1.54) is 32.4 Å². The number of nitrogens with zero attached hydrogens (tertiary/aromatic N) is 1. The first-order valence-electron chi connectivity index (χ1n) is 7.37. The molecule has 0 amide bonds. The molecule has 0 unspecified atom stereocenters. The predicted molar refractivity (Wildman–Crippen MR) is 95.6 cm³/mol. The summed E-state index contributed by atoms with van der Waals surface area (Å²) in [5.74, 6) is 0. The van der Waals surface area contributed by atoms with Gasteiger partial charge in [0.25, 0.3) is 0 Å².